The number of nitrogens with two attached hydrogens (primary N) is 1. The number of hydrogen-bond acceptors (Lipinski definition) is 3. The van der Waals surface area contributed by atoms with Crippen LogP contribution in [0, 0.1) is 5.92 Å². The first-order valence-electron chi connectivity index (χ1n) is 7.17. The second kappa shape index (κ2) is 5.85. The summed E-state index contributed by atoms with van der Waals surface area (Å²) in [6.07, 6.45) is 5.71. The van der Waals surface area contributed by atoms with Gasteiger partial charge < -0.3 is 5.73 Å². The third-order valence-electron chi connectivity index (χ3n) is 4.16. The van der Waals surface area contributed by atoms with Crippen LogP contribution in [0.2, 0.25) is 0 Å². The Bertz CT molecular complexity index is 373. The molecule has 2 unspecified atom stereocenters. The minimum absolute atomic E-state index is 0.470. The monoisotopic (exact) mass is 250 g/mol. The Kier molecular flexibility index (Phi) is 4.40. The van der Waals surface area contributed by atoms with E-state index in [0.29, 0.717) is 12.0 Å². The normalized spacial score (nSPS) is 25.6. The molecule has 1 fully saturated rings. The molecule has 4 heteroatoms. The zero-order chi connectivity index (χ0) is 13.1. The molecule has 1 aromatic rings. The summed E-state index contributed by atoms with van der Waals surface area (Å²) in [5.74, 6) is 0.577. The van der Waals surface area contributed by atoms with Crippen molar-refractivity contribution in [1.29, 1.82) is 0 Å². The molecule has 0 saturated carbocycles. The fourth-order valence-electron chi connectivity index (χ4n) is 3.28. The highest BCUT2D eigenvalue weighted by Gasteiger charge is 2.33. The quantitative estimate of drug-likeness (QED) is 0.885. The van der Waals surface area contributed by atoms with Gasteiger partial charge in [-0.3, -0.25) is 9.58 Å². The van der Waals surface area contributed by atoms with Crippen molar-refractivity contribution in [2.24, 2.45) is 18.7 Å². The van der Waals surface area contributed by atoms with E-state index in [1.807, 2.05) is 11.7 Å². The van der Waals surface area contributed by atoms with Crippen LogP contribution >= 0.6 is 0 Å². The Morgan fingerprint density at radius 2 is 2.22 bits per heavy atom. The van der Waals surface area contributed by atoms with Gasteiger partial charge in [0, 0.05) is 24.8 Å². The predicted octanol–water partition coefficient (Wildman–Crippen LogP) is 1.71. The molecule has 2 N–H and O–H groups in total. The van der Waals surface area contributed by atoms with Crippen LogP contribution < -0.4 is 5.73 Å². The number of nitrogens with zero attached hydrogens (tertiary/aromatic N) is 3. The lowest BCUT2D eigenvalue weighted by Crippen LogP contribution is -2.41. The topological polar surface area (TPSA) is 47.1 Å². The third kappa shape index (κ3) is 2.45. The zero-order valence-corrected chi connectivity index (χ0v) is 11.9. The molecule has 0 bridgehead atoms. The smallest absolute Gasteiger partial charge is 0.0669 e. The van der Waals surface area contributed by atoms with Gasteiger partial charge in [0.15, 0.2) is 0 Å². The number of rotatable bonds is 4. The maximum absolute atomic E-state index is 5.99. The molecule has 4 nitrogen and oxygen atoms in total. The Hall–Kier alpha value is -0.870. The molecule has 1 saturated heterocycles. The lowest BCUT2D eigenvalue weighted by molar-refractivity contribution is 0.101. The maximum Gasteiger partial charge on any atom is 0.0669 e. The molecule has 2 heterocycles. The van der Waals surface area contributed by atoms with Crippen molar-refractivity contribution in [2.45, 2.75) is 39.2 Å². The predicted molar refractivity (Wildman–Crippen MR) is 74.4 cm³/mol. The molecule has 1 aromatic heterocycles. The van der Waals surface area contributed by atoms with Crippen LogP contribution in [0.1, 0.15) is 44.0 Å². The van der Waals surface area contributed by atoms with Crippen molar-refractivity contribution >= 4 is 0 Å². The number of piperidine rings is 1. The molecule has 0 amide bonds. The van der Waals surface area contributed by atoms with E-state index in [1.165, 1.54) is 30.6 Å². The van der Waals surface area contributed by atoms with Crippen molar-refractivity contribution < 1.29 is 0 Å². The first-order valence-corrected chi connectivity index (χ1v) is 7.17. The van der Waals surface area contributed by atoms with E-state index in [2.05, 4.69) is 30.0 Å². The second-order valence-electron chi connectivity index (χ2n) is 5.27. The van der Waals surface area contributed by atoms with Gasteiger partial charge in [0.2, 0.25) is 0 Å². The Morgan fingerprint density at radius 1 is 1.44 bits per heavy atom. The highest BCUT2D eigenvalue weighted by atomic mass is 15.3. The SMILES string of the molecule is CCc1nn(C)cc1C1C(CN)CCCN1CC. The van der Waals surface area contributed by atoms with Gasteiger partial charge in [0.1, 0.15) is 0 Å². The lowest BCUT2D eigenvalue weighted by atomic mass is 9.84. The molecule has 102 valence electrons. The first kappa shape index (κ1) is 13.6. The van der Waals surface area contributed by atoms with E-state index in [-0.39, 0.29) is 0 Å². The van der Waals surface area contributed by atoms with Gasteiger partial charge in [0.05, 0.1) is 5.69 Å². The fourth-order valence-corrected chi connectivity index (χ4v) is 3.28. The van der Waals surface area contributed by atoms with Crippen molar-refractivity contribution in [3.05, 3.63) is 17.5 Å². The number of aromatic nitrogens is 2. The lowest BCUT2D eigenvalue weighted by Gasteiger charge is -2.40. The summed E-state index contributed by atoms with van der Waals surface area (Å²) in [5.41, 5.74) is 8.63. The van der Waals surface area contributed by atoms with E-state index in [0.717, 1.165) is 19.5 Å². The summed E-state index contributed by atoms with van der Waals surface area (Å²) in [4.78, 5) is 2.57. The number of hydrogen-bond donors (Lipinski definition) is 1. The zero-order valence-electron chi connectivity index (χ0n) is 11.9. The molecule has 0 radical (unpaired) electrons. The molecular weight excluding hydrogens is 224 g/mol. The van der Waals surface area contributed by atoms with Crippen LogP contribution in [0.5, 0.6) is 0 Å². The second-order valence-corrected chi connectivity index (χ2v) is 5.27. The molecule has 1 aliphatic rings. The number of aryl methyl sites for hydroxylation is 2. The van der Waals surface area contributed by atoms with E-state index in [9.17, 15) is 0 Å². The van der Waals surface area contributed by atoms with Crippen LogP contribution in [0.3, 0.4) is 0 Å². The van der Waals surface area contributed by atoms with Crippen LogP contribution in [0.25, 0.3) is 0 Å². The first-order chi connectivity index (χ1) is 8.71. The Balaban J connectivity index is 2.35. The summed E-state index contributed by atoms with van der Waals surface area (Å²) < 4.78 is 1.95. The minimum atomic E-state index is 0.470. The highest BCUT2D eigenvalue weighted by molar-refractivity contribution is 5.23. The molecule has 18 heavy (non-hydrogen) atoms. The average molecular weight is 250 g/mol. The van der Waals surface area contributed by atoms with Gasteiger partial charge in [-0.2, -0.15) is 5.10 Å². The molecule has 2 rings (SSSR count). The van der Waals surface area contributed by atoms with Gasteiger partial charge >= 0.3 is 0 Å². The van der Waals surface area contributed by atoms with Crippen LogP contribution in [0.4, 0.5) is 0 Å². The average Bonchev–Trinajstić information content (AvgIpc) is 2.78. The van der Waals surface area contributed by atoms with E-state index >= 15 is 0 Å². The summed E-state index contributed by atoms with van der Waals surface area (Å²) in [6, 6.07) is 0.470. The van der Waals surface area contributed by atoms with Crippen molar-refractivity contribution in [2.75, 3.05) is 19.6 Å². The summed E-state index contributed by atoms with van der Waals surface area (Å²) in [6.45, 7) is 7.49. The van der Waals surface area contributed by atoms with Gasteiger partial charge in [0.25, 0.3) is 0 Å². The van der Waals surface area contributed by atoms with Crippen molar-refractivity contribution in [1.82, 2.24) is 14.7 Å². The van der Waals surface area contributed by atoms with Crippen LogP contribution in [-0.4, -0.2) is 34.3 Å². The van der Waals surface area contributed by atoms with E-state index in [1.54, 1.807) is 0 Å². The molecule has 0 aromatic carbocycles. The Morgan fingerprint density at radius 3 is 2.83 bits per heavy atom. The summed E-state index contributed by atoms with van der Waals surface area (Å²) in [7, 11) is 2.01. The summed E-state index contributed by atoms with van der Waals surface area (Å²) >= 11 is 0. The summed E-state index contributed by atoms with van der Waals surface area (Å²) in [5, 5.41) is 4.59. The van der Waals surface area contributed by atoms with Gasteiger partial charge in [-0.1, -0.05) is 13.8 Å². The maximum atomic E-state index is 5.99. The Labute approximate surface area is 110 Å². The third-order valence-corrected chi connectivity index (χ3v) is 4.16. The minimum Gasteiger partial charge on any atom is -0.330 e. The van der Waals surface area contributed by atoms with Crippen molar-refractivity contribution in [3.8, 4) is 0 Å². The molecule has 1 aliphatic heterocycles. The van der Waals surface area contributed by atoms with E-state index < -0.39 is 0 Å². The molecular formula is C14H26N4. The number of likely N-dealkylation sites (tertiary alicyclic amines) is 1. The van der Waals surface area contributed by atoms with E-state index in [4.69, 9.17) is 5.73 Å². The van der Waals surface area contributed by atoms with Crippen LogP contribution in [-0.2, 0) is 13.5 Å². The largest absolute Gasteiger partial charge is 0.330 e. The van der Waals surface area contributed by atoms with Gasteiger partial charge in [-0.05, 0) is 44.8 Å². The van der Waals surface area contributed by atoms with Crippen molar-refractivity contribution in [3.63, 3.8) is 0 Å². The fraction of sp³-hybridized carbons (Fsp3) is 0.786. The highest BCUT2D eigenvalue weighted by Crippen LogP contribution is 2.36. The van der Waals surface area contributed by atoms with Crippen LogP contribution in [0.15, 0.2) is 6.20 Å². The van der Waals surface area contributed by atoms with Gasteiger partial charge in [-0.25, -0.2) is 0 Å². The standard InChI is InChI=1S/C14H26N4/c1-4-13-12(10-17(3)16-13)14-11(9-15)7-6-8-18(14)5-2/h10-11,14H,4-9,15H2,1-3H3. The molecule has 0 spiro atoms. The molecule has 0 aliphatic carbocycles. The van der Waals surface area contributed by atoms with Gasteiger partial charge in [-0.15, -0.1) is 0 Å². The molecule has 2 atom stereocenters.